The summed E-state index contributed by atoms with van der Waals surface area (Å²) in [6.07, 6.45) is 4.05. The maximum atomic E-state index is 12.0. The Labute approximate surface area is 162 Å². The number of amides is 1. The third kappa shape index (κ3) is 7.05. The molecule has 1 atom stereocenters. The number of hydrogen-bond donors (Lipinski definition) is 1. The number of carbonyl (C=O) groups is 2. The molecule has 4 heteroatoms. The Bertz CT molecular complexity index is 777. The molecule has 2 rings (SSSR count). The van der Waals surface area contributed by atoms with Crippen LogP contribution < -0.4 is 5.32 Å². The summed E-state index contributed by atoms with van der Waals surface area (Å²) < 4.78 is 5.25. The highest BCUT2D eigenvalue weighted by molar-refractivity contribution is 5.97. The number of ether oxygens (including phenoxy) is 1. The average Bonchev–Trinajstić information content (AvgIpc) is 2.62. The number of unbranched alkanes of at least 4 members (excludes halogenated alkanes) is 2. The number of hydrogen-bond acceptors (Lipinski definition) is 3. The van der Waals surface area contributed by atoms with Crippen LogP contribution in [0.25, 0.3) is 10.8 Å². The molecule has 0 aliphatic rings. The number of nitrogens with one attached hydrogen (secondary N) is 1. The Balaban J connectivity index is 1.65. The van der Waals surface area contributed by atoms with E-state index >= 15 is 0 Å². The van der Waals surface area contributed by atoms with Crippen LogP contribution in [-0.2, 0) is 20.7 Å². The molecule has 4 nitrogen and oxygen atoms in total. The SMILES string of the molecule is CC(C(=O)NCCCCCc1ccc2ccccc2c1)C(=O)OC(C)(C)C. The fourth-order valence-corrected chi connectivity index (χ4v) is 2.89. The molecule has 0 aliphatic heterocycles. The van der Waals surface area contributed by atoms with Crippen molar-refractivity contribution in [2.45, 2.75) is 59.0 Å². The lowest BCUT2D eigenvalue weighted by Crippen LogP contribution is -2.37. The minimum atomic E-state index is -0.776. The second-order valence-electron chi connectivity index (χ2n) is 8.04. The first-order chi connectivity index (χ1) is 12.8. The van der Waals surface area contributed by atoms with Crippen molar-refractivity contribution < 1.29 is 14.3 Å². The van der Waals surface area contributed by atoms with Gasteiger partial charge in [-0.3, -0.25) is 9.59 Å². The third-order valence-electron chi connectivity index (χ3n) is 4.41. The Morgan fingerprint density at radius 3 is 2.41 bits per heavy atom. The van der Waals surface area contributed by atoms with E-state index in [9.17, 15) is 9.59 Å². The van der Waals surface area contributed by atoms with E-state index in [0.717, 1.165) is 25.7 Å². The van der Waals surface area contributed by atoms with E-state index in [1.807, 2.05) is 0 Å². The molecular formula is C23H31NO3. The molecule has 0 heterocycles. The summed E-state index contributed by atoms with van der Waals surface area (Å²) in [6, 6.07) is 15.0. The Morgan fingerprint density at radius 2 is 1.70 bits per heavy atom. The van der Waals surface area contributed by atoms with Crippen LogP contribution in [0.1, 0.15) is 52.5 Å². The molecule has 2 aromatic carbocycles. The van der Waals surface area contributed by atoms with Gasteiger partial charge in [0.05, 0.1) is 0 Å². The molecule has 27 heavy (non-hydrogen) atoms. The summed E-state index contributed by atoms with van der Waals surface area (Å²) in [4.78, 5) is 23.9. The number of benzene rings is 2. The number of carbonyl (C=O) groups excluding carboxylic acids is 2. The average molecular weight is 370 g/mol. The van der Waals surface area contributed by atoms with Crippen LogP contribution >= 0.6 is 0 Å². The number of esters is 1. The van der Waals surface area contributed by atoms with Crippen LogP contribution in [0.15, 0.2) is 42.5 Å². The van der Waals surface area contributed by atoms with Gasteiger partial charge in [-0.2, -0.15) is 0 Å². The number of fused-ring (bicyclic) bond motifs is 1. The van der Waals surface area contributed by atoms with Gasteiger partial charge in [0.15, 0.2) is 0 Å². The highest BCUT2D eigenvalue weighted by Crippen LogP contribution is 2.17. The monoisotopic (exact) mass is 369 g/mol. The highest BCUT2D eigenvalue weighted by Gasteiger charge is 2.26. The van der Waals surface area contributed by atoms with E-state index in [-0.39, 0.29) is 5.91 Å². The van der Waals surface area contributed by atoms with Crippen LogP contribution in [-0.4, -0.2) is 24.0 Å². The lowest BCUT2D eigenvalue weighted by molar-refractivity contribution is -0.161. The zero-order valence-corrected chi connectivity index (χ0v) is 16.9. The fourth-order valence-electron chi connectivity index (χ4n) is 2.89. The van der Waals surface area contributed by atoms with Gasteiger partial charge >= 0.3 is 5.97 Å². The molecule has 0 radical (unpaired) electrons. The molecule has 0 fully saturated rings. The lowest BCUT2D eigenvalue weighted by Gasteiger charge is -2.21. The zero-order chi connectivity index (χ0) is 19.9. The molecular weight excluding hydrogens is 338 g/mol. The third-order valence-corrected chi connectivity index (χ3v) is 4.41. The van der Waals surface area contributed by atoms with Gasteiger partial charge in [0.1, 0.15) is 11.5 Å². The largest absolute Gasteiger partial charge is 0.459 e. The van der Waals surface area contributed by atoms with E-state index in [1.165, 1.54) is 16.3 Å². The van der Waals surface area contributed by atoms with Crippen molar-refractivity contribution in [1.29, 1.82) is 0 Å². The van der Waals surface area contributed by atoms with E-state index in [0.29, 0.717) is 6.54 Å². The molecule has 2 aromatic rings. The summed E-state index contributed by atoms with van der Waals surface area (Å²) in [7, 11) is 0. The van der Waals surface area contributed by atoms with Crippen LogP contribution in [0.3, 0.4) is 0 Å². The topological polar surface area (TPSA) is 55.4 Å². The summed E-state index contributed by atoms with van der Waals surface area (Å²) in [5.41, 5.74) is 0.769. The Kier molecular flexibility index (Phi) is 7.40. The van der Waals surface area contributed by atoms with Gasteiger partial charge < -0.3 is 10.1 Å². The molecule has 0 saturated carbocycles. The lowest BCUT2D eigenvalue weighted by atomic mass is 10.0. The predicted molar refractivity (Wildman–Crippen MR) is 110 cm³/mol. The smallest absolute Gasteiger partial charge is 0.318 e. The highest BCUT2D eigenvalue weighted by atomic mass is 16.6. The molecule has 0 spiro atoms. The molecule has 0 saturated heterocycles. The van der Waals surface area contributed by atoms with E-state index in [1.54, 1.807) is 27.7 Å². The van der Waals surface area contributed by atoms with Crippen molar-refractivity contribution in [3.8, 4) is 0 Å². The van der Waals surface area contributed by atoms with E-state index in [2.05, 4.69) is 47.8 Å². The minimum Gasteiger partial charge on any atom is -0.459 e. The first kappa shape index (κ1) is 20.9. The number of rotatable bonds is 8. The standard InChI is InChI=1S/C23H31NO3/c1-17(22(26)27-23(2,3)4)21(25)24-15-9-5-6-10-18-13-14-19-11-7-8-12-20(19)16-18/h7-8,11-14,16-17H,5-6,9-10,15H2,1-4H3,(H,24,25). The maximum absolute atomic E-state index is 12.0. The molecule has 1 unspecified atom stereocenters. The number of aryl methyl sites for hydroxylation is 1. The second-order valence-corrected chi connectivity index (χ2v) is 8.04. The van der Waals surface area contributed by atoms with Gasteiger partial charge in [0, 0.05) is 6.54 Å². The summed E-state index contributed by atoms with van der Waals surface area (Å²) in [5, 5.41) is 5.38. The van der Waals surface area contributed by atoms with Gasteiger partial charge in [-0.1, -0.05) is 48.9 Å². The van der Waals surface area contributed by atoms with Gasteiger partial charge in [-0.15, -0.1) is 0 Å². The molecule has 0 bridgehead atoms. The first-order valence-corrected chi connectivity index (χ1v) is 9.74. The second kappa shape index (κ2) is 9.54. The Hall–Kier alpha value is -2.36. The van der Waals surface area contributed by atoms with Gasteiger partial charge in [0.25, 0.3) is 0 Å². The normalized spacial score (nSPS) is 12.6. The molecule has 146 valence electrons. The quantitative estimate of drug-likeness (QED) is 0.419. The fraction of sp³-hybridized carbons (Fsp3) is 0.478. The molecule has 0 aromatic heterocycles. The maximum Gasteiger partial charge on any atom is 0.318 e. The van der Waals surface area contributed by atoms with Crippen molar-refractivity contribution in [3.63, 3.8) is 0 Å². The van der Waals surface area contributed by atoms with Gasteiger partial charge in [-0.25, -0.2) is 0 Å². The first-order valence-electron chi connectivity index (χ1n) is 9.74. The van der Waals surface area contributed by atoms with E-state index < -0.39 is 17.5 Å². The van der Waals surface area contributed by atoms with Gasteiger partial charge in [0.2, 0.25) is 5.91 Å². The summed E-state index contributed by atoms with van der Waals surface area (Å²) in [5.74, 6) is -1.52. The van der Waals surface area contributed by atoms with Crippen LogP contribution in [0.4, 0.5) is 0 Å². The van der Waals surface area contributed by atoms with Crippen LogP contribution in [0.2, 0.25) is 0 Å². The summed E-state index contributed by atoms with van der Waals surface area (Å²) in [6.45, 7) is 7.56. The van der Waals surface area contributed by atoms with Crippen molar-refractivity contribution >= 4 is 22.6 Å². The summed E-state index contributed by atoms with van der Waals surface area (Å²) >= 11 is 0. The zero-order valence-electron chi connectivity index (χ0n) is 16.9. The van der Waals surface area contributed by atoms with Crippen molar-refractivity contribution in [2.24, 2.45) is 5.92 Å². The van der Waals surface area contributed by atoms with Crippen molar-refractivity contribution in [3.05, 3.63) is 48.0 Å². The van der Waals surface area contributed by atoms with Crippen LogP contribution in [0.5, 0.6) is 0 Å². The molecule has 1 amide bonds. The van der Waals surface area contributed by atoms with E-state index in [4.69, 9.17) is 4.74 Å². The van der Waals surface area contributed by atoms with Gasteiger partial charge in [-0.05, 0) is 63.3 Å². The molecule has 0 aliphatic carbocycles. The predicted octanol–water partition coefficient (Wildman–Crippen LogP) is 4.65. The Morgan fingerprint density at radius 1 is 1.00 bits per heavy atom. The minimum absolute atomic E-state index is 0.265. The van der Waals surface area contributed by atoms with Crippen LogP contribution in [0, 0.1) is 5.92 Å². The van der Waals surface area contributed by atoms with Crippen molar-refractivity contribution in [1.82, 2.24) is 5.32 Å². The molecule has 1 N–H and O–H groups in total. The van der Waals surface area contributed by atoms with Crippen molar-refractivity contribution in [2.75, 3.05) is 6.54 Å².